The van der Waals surface area contributed by atoms with E-state index in [1.165, 1.54) is 43.0 Å². The molecule has 0 spiro atoms. The highest BCUT2D eigenvalue weighted by Gasteiger charge is 2.19. The van der Waals surface area contributed by atoms with E-state index in [1.807, 2.05) is 36.4 Å². The number of aromatic nitrogens is 2. The number of carbonyl (C=O) groups excluding carboxylic acids is 1. The van der Waals surface area contributed by atoms with Gasteiger partial charge in [0.25, 0.3) is 5.56 Å². The average molecular weight is 419 g/mol. The number of anilines is 1. The number of carbonyl (C=O) groups is 1. The summed E-state index contributed by atoms with van der Waals surface area (Å²) in [5.74, 6) is -0.104. The van der Waals surface area contributed by atoms with Gasteiger partial charge in [0.15, 0.2) is 0 Å². The van der Waals surface area contributed by atoms with E-state index in [4.69, 9.17) is 0 Å². The van der Waals surface area contributed by atoms with E-state index in [-0.39, 0.29) is 17.9 Å². The molecule has 4 rings (SSSR count). The molecule has 0 bridgehead atoms. The second-order valence-corrected chi connectivity index (χ2v) is 8.42. The minimum Gasteiger partial charge on any atom is -0.326 e. The summed E-state index contributed by atoms with van der Waals surface area (Å²) in [6.07, 6.45) is 8.18. The van der Waals surface area contributed by atoms with Gasteiger partial charge in [0, 0.05) is 31.2 Å². The van der Waals surface area contributed by atoms with Crippen LogP contribution in [-0.4, -0.2) is 33.4 Å². The molecule has 1 aliphatic carbocycles. The molecular formula is C25H30N4O2. The van der Waals surface area contributed by atoms with E-state index >= 15 is 0 Å². The molecule has 0 saturated heterocycles. The van der Waals surface area contributed by atoms with E-state index in [1.54, 1.807) is 6.07 Å². The lowest BCUT2D eigenvalue weighted by Gasteiger charge is -2.31. The van der Waals surface area contributed by atoms with Crippen molar-refractivity contribution in [2.45, 2.75) is 57.7 Å². The van der Waals surface area contributed by atoms with Crippen LogP contribution in [0.1, 0.15) is 44.1 Å². The van der Waals surface area contributed by atoms with Gasteiger partial charge in [0.1, 0.15) is 0 Å². The molecule has 3 aromatic rings. The minimum atomic E-state index is -0.118. The van der Waals surface area contributed by atoms with Crippen molar-refractivity contribution in [1.29, 1.82) is 0 Å². The van der Waals surface area contributed by atoms with E-state index < -0.39 is 0 Å². The maximum absolute atomic E-state index is 12.6. The Morgan fingerprint density at radius 2 is 1.84 bits per heavy atom. The van der Waals surface area contributed by atoms with Crippen molar-refractivity contribution in [3.63, 3.8) is 0 Å². The van der Waals surface area contributed by atoms with Gasteiger partial charge >= 0.3 is 0 Å². The maximum Gasteiger partial charge on any atom is 0.261 e. The molecular weight excluding hydrogens is 388 g/mol. The summed E-state index contributed by atoms with van der Waals surface area (Å²) < 4.78 is 1.50. The summed E-state index contributed by atoms with van der Waals surface area (Å²) in [6.45, 7) is 1.11. The van der Waals surface area contributed by atoms with E-state index in [9.17, 15) is 9.59 Å². The lowest BCUT2D eigenvalue weighted by atomic mass is 9.94. The standard InChI is InChI=1S/C25H30N4O2/c1-28(20-10-3-2-4-11-20)17-19-9-5-7-13-22(19)27-24(30)15-16-29-18-26-23-14-8-6-12-21(23)25(29)31/h5-9,12-14,18,20H,2-4,10-11,15-17H2,1H3,(H,27,30). The van der Waals surface area contributed by atoms with Crippen LogP contribution in [-0.2, 0) is 17.9 Å². The number of fused-ring (bicyclic) bond motifs is 1. The topological polar surface area (TPSA) is 67.2 Å². The maximum atomic E-state index is 12.6. The van der Waals surface area contributed by atoms with Crippen molar-refractivity contribution in [3.8, 4) is 0 Å². The van der Waals surface area contributed by atoms with Crippen LogP contribution in [0.4, 0.5) is 5.69 Å². The zero-order chi connectivity index (χ0) is 21.6. The fourth-order valence-electron chi connectivity index (χ4n) is 4.40. The monoisotopic (exact) mass is 418 g/mol. The van der Waals surface area contributed by atoms with Gasteiger partial charge in [-0.05, 0) is 43.7 Å². The molecule has 1 heterocycles. The Morgan fingerprint density at radius 3 is 2.68 bits per heavy atom. The fourth-order valence-corrected chi connectivity index (χ4v) is 4.40. The highest BCUT2D eigenvalue weighted by atomic mass is 16.2. The van der Waals surface area contributed by atoms with E-state index in [0.29, 0.717) is 23.5 Å². The number of para-hydroxylation sites is 2. The highest BCUT2D eigenvalue weighted by Crippen LogP contribution is 2.25. The Labute approximate surface area is 182 Å². The Morgan fingerprint density at radius 1 is 1.10 bits per heavy atom. The quantitative estimate of drug-likeness (QED) is 0.625. The first-order valence-electron chi connectivity index (χ1n) is 11.1. The molecule has 1 aliphatic rings. The summed E-state index contributed by atoms with van der Waals surface area (Å²) in [5.41, 5.74) is 2.52. The normalized spacial score (nSPS) is 14.8. The van der Waals surface area contributed by atoms with Crippen LogP contribution >= 0.6 is 0 Å². The SMILES string of the molecule is CN(Cc1ccccc1NC(=O)CCn1cnc2ccccc2c1=O)C1CCCCC1. The first kappa shape index (κ1) is 21.2. The Kier molecular flexibility index (Phi) is 6.77. The molecule has 6 heteroatoms. The molecule has 0 unspecified atom stereocenters. The van der Waals surface area contributed by atoms with Gasteiger partial charge in [0.05, 0.1) is 17.2 Å². The van der Waals surface area contributed by atoms with Crippen molar-refractivity contribution in [2.75, 3.05) is 12.4 Å². The van der Waals surface area contributed by atoms with Crippen LogP contribution in [0.3, 0.4) is 0 Å². The Balaban J connectivity index is 1.39. The summed E-state index contributed by atoms with van der Waals surface area (Å²) in [6, 6.07) is 15.9. The third-order valence-corrected chi connectivity index (χ3v) is 6.22. The van der Waals surface area contributed by atoms with Gasteiger partial charge in [-0.15, -0.1) is 0 Å². The number of aryl methyl sites for hydroxylation is 1. The molecule has 1 amide bonds. The van der Waals surface area contributed by atoms with Crippen LogP contribution in [0.15, 0.2) is 59.7 Å². The molecule has 0 aliphatic heterocycles. The third kappa shape index (κ3) is 5.20. The minimum absolute atomic E-state index is 0.104. The summed E-state index contributed by atoms with van der Waals surface area (Å²) in [4.78, 5) is 32.0. The molecule has 31 heavy (non-hydrogen) atoms. The second kappa shape index (κ2) is 9.88. The van der Waals surface area contributed by atoms with Crippen LogP contribution in [0, 0.1) is 0 Å². The van der Waals surface area contributed by atoms with Gasteiger partial charge in [-0.3, -0.25) is 19.1 Å². The van der Waals surface area contributed by atoms with Gasteiger partial charge in [-0.25, -0.2) is 4.98 Å². The predicted molar refractivity (Wildman–Crippen MR) is 124 cm³/mol. The summed E-state index contributed by atoms with van der Waals surface area (Å²) >= 11 is 0. The van der Waals surface area contributed by atoms with E-state index in [2.05, 4.69) is 28.3 Å². The van der Waals surface area contributed by atoms with Crippen LogP contribution in [0.2, 0.25) is 0 Å². The first-order valence-corrected chi connectivity index (χ1v) is 11.1. The average Bonchev–Trinajstić information content (AvgIpc) is 2.80. The number of rotatable bonds is 7. The predicted octanol–water partition coefficient (Wildman–Crippen LogP) is 4.19. The summed E-state index contributed by atoms with van der Waals surface area (Å²) in [7, 11) is 2.17. The number of hydrogen-bond donors (Lipinski definition) is 1. The van der Waals surface area contributed by atoms with Crippen molar-refractivity contribution in [1.82, 2.24) is 14.5 Å². The molecule has 1 fully saturated rings. The molecule has 2 aromatic carbocycles. The summed E-state index contributed by atoms with van der Waals surface area (Å²) in [5, 5.41) is 3.62. The number of nitrogens with one attached hydrogen (secondary N) is 1. The molecule has 1 N–H and O–H groups in total. The Hall–Kier alpha value is -2.99. The molecule has 1 saturated carbocycles. The molecule has 0 atom stereocenters. The third-order valence-electron chi connectivity index (χ3n) is 6.22. The first-order chi connectivity index (χ1) is 15.1. The van der Waals surface area contributed by atoms with Gasteiger partial charge < -0.3 is 5.32 Å². The molecule has 0 radical (unpaired) electrons. The molecule has 162 valence electrons. The molecule has 6 nitrogen and oxygen atoms in total. The zero-order valence-electron chi connectivity index (χ0n) is 18.1. The van der Waals surface area contributed by atoms with Crippen LogP contribution < -0.4 is 10.9 Å². The van der Waals surface area contributed by atoms with E-state index in [0.717, 1.165) is 17.8 Å². The van der Waals surface area contributed by atoms with Crippen molar-refractivity contribution >= 4 is 22.5 Å². The fraction of sp³-hybridized carbons (Fsp3) is 0.400. The number of benzene rings is 2. The van der Waals surface area contributed by atoms with Crippen LogP contribution in [0.5, 0.6) is 0 Å². The van der Waals surface area contributed by atoms with Gasteiger partial charge in [0.2, 0.25) is 5.91 Å². The lowest BCUT2D eigenvalue weighted by Crippen LogP contribution is -2.33. The highest BCUT2D eigenvalue weighted by molar-refractivity contribution is 5.91. The number of nitrogens with zero attached hydrogens (tertiary/aromatic N) is 3. The van der Waals surface area contributed by atoms with Crippen molar-refractivity contribution < 1.29 is 4.79 Å². The largest absolute Gasteiger partial charge is 0.326 e. The smallest absolute Gasteiger partial charge is 0.261 e. The Bertz CT molecular complexity index is 1100. The second-order valence-electron chi connectivity index (χ2n) is 8.42. The van der Waals surface area contributed by atoms with Crippen LogP contribution in [0.25, 0.3) is 10.9 Å². The number of amides is 1. The molecule has 1 aromatic heterocycles. The van der Waals surface area contributed by atoms with Gasteiger partial charge in [-0.2, -0.15) is 0 Å². The lowest BCUT2D eigenvalue weighted by molar-refractivity contribution is -0.116. The number of hydrogen-bond acceptors (Lipinski definition) is 4. The zero-order valence-corrected chi connectivity index (χ0v) is 18.1. The van der Waals surface area contributed by atoms with Gasteiger partial charge in [-0.1, -0.05) is 49.6 Å². The van der Waals surface area contributed by atoms with Crippen molar-refractivity contribution in [2.24, 2.45) is 0 Å². The van der Waals surface area contributed by atoms with Crippen molar-refractivity contribution in [3.05, 3.63) is 70.8 Å².